The maximum Gasteiger partial charge on any atom is 0.387 e. The van der Waals surface area contributed by atoms with E-state index in [1.54, 1.807) is 41.5 Å². The summed E-state index contributed by atoms with van der Waals surface area (Å²) in [6.07, 6.45) is 9.36. The number of Topliss-reactive ketones (excluding diaryl/α,β-unsaturated/α-hetero) is 1. The molecule has 60 heavy (non-hydrogen) atoms. The second-order valence-electron chi connectivity index (χ2n) is 10.2. The third-order valence-electron chi connectivity index (χ3n) is 6.09. The number of carbonyl (C=O) groups is 5. The Morgan fingerprint density at radius 2 is 1.15 bits per heavy atom. The highest BCUT2D eigenvalue weighted by molar-refractivity contribution is 6.67. The van der Waals surface area contributed by atoms with E-state index in [-0.39, 0.29) is 35.5 Å². The molecule has 5 heterocycles. The average Bonchev–Trinajstić information content (AvgIpc) is 4.05. The highest BCUT2D eigenvalue weighted by Gasteiger charge is 2.15. The van der Waals surface area contributed by atoms with Crippen molar-refractivity contribution in [3.63, 3.8) is 0 Å². The molecule has 1 N–H and O–H groups in total. The molecule has 0 unspecified atom stereocenters. The van der Waals surface area contributed by atoms with E-state index in [4.69, 9.17) is 60.8 Å². The van der Waals surface area contributed by atoms with Crippen molar-refractivity contribution in [2.45, 2.75) is 68.2 Å². The minimum Gasteiger partial charge on any atom is -0.476 e. The Balaban J connectivity index is 0. The van der Waals surface area contributed by atoms with Crippen molar-refractivity contribution in [1.82, 2.24) is 24.9 Å². The maximum absolute atomic E-state index is 11.0. The number of hydrogen-bond donors (Lipinski definition) is 1. The maximum atomic E-state index is 11.0. The van der Waals surface area contributed by atoms with Gasteiger partial charge in [0.05, 0.1) is 18.9 Å². The van der Waals surface area contributed by atoms with Crippen LogP contribution >= 0.6 is 11.6 Å². The van der Waals surface area contributed by atoms with Gasteiger partial charge in [0.25, 0.3) is 11.0 Å². The van der Waals surface area contributed by atoms with Crippen LogP contribution in [0.5, 0.6) is 0 Å². The molecule has 0 aliphatic rings. The van der Waals surface area contributed by atoms with E-state index in [0.717, 1.165) is 43.3 Å². The van der Waals surface area contributed by atoms with Crippen LogP contribution in [0.15, 0.2) is 54.1 Å². The van der Waals surface area contributed by atoms with Crippen LogP contribution in [-0.2, 0) is 30.3 Å². The second kappa shape index (κ2) is 32.4. The number of rotatable bonds is 10. The highest BCUT2D eigenvalue weighted by Crippen LogP contribution is 2.08. The number of carboxylic acid groups (broad SMARTS) is 1. The van der Waals surface area contributed by atoms with Crippen LogP contribution in [0.25, 0.3) is 10.4 Å². The molecule has 24 heteroatoms. The van der Waals surface area contributed by atoms with Crippen LogP contribution in [0, 0.1) is 41.2 Å². The molecule has 0 atom stereocenters. The zero-order chi connectivity index (χ0) is 46.0. The standard InChI is InChI=1S/C7H9NO3.C7H11NO.C6H5N3O2.C5H4ClNO2.C5H5NO3.C5H7NO2.CO2/c1-3-10-7(9)6-5(2)11-4-8-6;1-3-4-7-6(2)9-5-8-7;1-4-6(8-3-11-4)5(10)2-9-7;1-3-4(5(6)8)7-2-9-3;1-3-4(5(7)8)6-2-9-3;1-3-8-5(7)4-6-2;2-1-3/h4H,3H2,1-2H3;5H,3-4H2,1-2H3;2-3H,1H3;2H,1H3;2H,1H3,(H,7,8);3-4H2,1H3;. The molecule has 0 fully saturated rings. The van der Waals surface area contributed by atoms with E-state index in [1.165, 1.54) is 19.2 Å². The van der Waals surface area contributed by atoms with Gasteiger partial charge in [0.15, 0.2) is 54.7 Å². The number of nitrogens with zero attached hydrogens (tertiary/aromatic N) is 8. The van der Waals surface area contributed by atoms with Crippen molar-refractivity contribution < 1.29 is 75.0 Å². The predicted octanol–water partition coefficient (Wildman–Crippen LogP) is 5.49. The molecule has 5 aromatic rings. The summed E-state index contributed by atoms with van der Waals surface area (Å²) in [5.41, 5.74) is 9.71. The SMILES string of the molecule is CCCc1ncoc1C.CCOC(=O)c1ncoc1C.Cc1ocnc1C(=O)C=[N+]=[N-].Cc1ocnc1C(=O)Cl.Cc1ocnc1C(=O)O.O=C=O.[C-]#[N+]CC(=O)OCC. The van der Waals surface area contributed by atoms with Gasteiger partial charge < -0.3 is 47.0 Å². The van der Waals surface area contributed by atoms with Gasteiger partial charge in [0.2, 0.25) is 0 Å². The molecule has 0 radical (unpaired) electrons. The second-order valence-corrected chi connectivity index (χ2v) is 10.6. The number of esters is 2. The number of aryl methyl sites for hydroxylation is 6. The minimum absolute atomic E-state index is 0.0185. The fraction of sp³-hybridized carbons (Fsp3) is 0.361. The lowest BCUT2D eigenvalue weighted by molar-refractivity contribution is -0.191. The van der Waals surface area contributed by atoms with Gasteiger partial charge in [-0.05, 0) is 66.5 Å². The van der Waals surface area contributed by atoms with Gasteiger partial charge in [-0.15, -0.1) is 0 Å². The smallest absolute Gasteiger partial charge is 0.387 e. The van der Waals surface area contributed by atoms with Crippen LogP contribution in [0.4, 0.5) is 0 Å². The monoisotopic (exact) mass is 860 g/mol. The van der Waals surface area contributed by atoms with E-state index in [1.807, 2.05) is 6.92 Å². The van der Waals surface area contributed by atoms with Crippen LogP contribution in [0.3, 0.4) is 0 Å². The Bertz CT molecular complexity index is 2130. The molecule has 0 saturated carbocycles. The zero-order valence-corrected chi connectivity index (χ0v) is 34.4. The van der Waals surface area contributed by atoms with Gasteiger partial charge in [-0.1, -0.05) is 13.3 Å². The number of ether oxygens (including phenoxy) is 2. The van der Waals surface area contributed by atoms with E-state index < -0.39 is 28.9 Å². The van der Waals surface area contributed by atoms with Gasteiger partial charge in [0, 0.05) is 0 Å². The lowest BCUT2D eigenvalue weighted by Crippen LogP contribution is -2.06. The first kappa shape index (κ1) is 54.4. The molecule has 0 aliphatic carbocycles. The number of ketones is 1. The summed E-state index contributed by atoms with van der Waals surface area (Å²) >= 11 is 5.09. The molecule has 5 aromatic heterocycles. The largest absolute Gasteiger partial charge is 0.476 e. The lowest BCUT2D eigenvalue weighted by Gasteiger charge is -1.96. The summed E-state index contributed by atoms with van der Waals surface area (Å²) in [6, 6.07) is 0. The Hall–Kier alpha value is -7.66. The van der Waals surface area contributed by atoms with Gasteiger partial charge in [-0.25, -0.2) is 45.9 Å². The molecule has 0 saturated heterocycles. The first-order valence-corrected chi connectivity index (χ1v) is 17.2. The van der Waals surface area contributed by atoms with E-state index >= 15 is 0 Å². The Labute approximate surface area is 346 Å². The number of aromatic carboxylic acids is 1. The summed E-state index contributed by atoms with van der Waals surface area (Å²) in [5.74, 6) is 0.244. The van der Waals surface area contributed by atoms with Gasteiger partial charge in [-0.2, -0.15) is 14.4 Å². The Morgan fingerprint density at radius 1 is 0.733 bits per heavy atom. The fourth-order valence-corrected chi connectivity index (χ4v) is 3.62. The van der Waals surface area contributed by atoms with Crippen LogP contribution in [0.2, 0.25) is 0 Å². The van der Waals surface area contributed by atoms with Crippen LogP contribution in [0.1, 0.15) is 104 Å². The molecule has 0 spiro atoms. The molecular formula is C36H41ClN8O15. The van der Waals surface area contributed by atoms with Crippen molar-refractivity contribution >= 4 is 52.9 Å². The fourth-order valence-electron chi connectivity index (χ4n) is 3.44. The molecule has 322 valence electrons. The molecule has 0 bridgehead atoms. The summed E-state index contributed by atoms with van der Waals surface area (Å²) in [4.78, 5) is 92.6. The number of halogens is 1. The van der Waals surface area contributed by atoms with Crippen LogP contribution in [-0.4, -0.2) is 95.9 Å². The van der Waals surface area contributed by atoms with E-state index in [0.29, 0.717) is 36.3 Å². The number of aromatic nitrogens is 5. The van der Waals surface area contributed by atoms with Gasteiger partial charge in [0.1, 0.15) is 28.8 Å². The molecular weight excluding hydrogens is 820 g/mol. The molecule has 5 rings (SSSR count). The first-order valence-electron chi connectivity index (χ1n) is 16.8. The average molecular weight is 861 g/mol. The van der Waals surface area contributed by atoms with Gasteiger partial charge in [-0.3, -0.25) is 9.59 Å². The topological polar surface area (TPSA) is 329 Å². The molecule has 0 aliphatic heterocycles. The van der Waals surface area contributed by atoms with E-state index in [9.17, 15) is 24.0 Å². The lowest BCUT2D eigenvalue weighted by atomic mass is 10.2. The van der Waals surface area contributed by atoms with Crippen molar-refractivity contribution in [2.24, 2.45) is 0 Å². The van der Waals surface area contributed by atoms with E-state index in [2.05, 4.69) is 50.6 Å². The van der Waals surface area contributed by atoms with Crippen LogP contribution < -0.4 is 0 Å². The van der Waals surface area contributed by atoms with Gasteiger partial charge >= 0.3 is 36.8 Å². The third kappa shape index (κ3) is 22.8. The number of hydrogen-bond acceptors (Lipinski definition) is 19. The molecule has 0 amide bonds. The van der Waals surface area contributed by atoms with Crippen molar-refractivity contribution in [2.75, 3.05) is 19.8 Å². The summed E-state index contributed by atoms with van der Waals surface area (Å²) in [5, 5.41) is 7.75. The highest BCUT2D eigenvalue weighted by atomic mass is 35.5. The summed E-state index contributed by atoms with van der Waals surface area (Å²) in [7, 11) is 0. The zero-order valence-electron chi connectivity index (χ0n) is 33.6. The van der Waals surface area contributed by atoms with Crippen molar-refractivity contribution in [3.05, 3.63) is 106 Å². The number of oxazole rings is 5. The normalized spacial score (nSPS) is 8.87. The number of carboxylic acids is 1. The molecule has 0 aromatic carbocycles. The van der Waals surface area contributed by atoms with Crippen molar-refractivity contribution in [3.8, 4) is 0 Å². The first-order chi connectivity index (χ1) is 28.5. The predicted molar refractivity (Wildman–Crippen MR) is 200 cm³/mol. The minimum atomic E-state index is -1.05. The third-order valence-corrected chi connectivity index (χ3v) is 6.27. The quantitative estimate of drug-likeness (QED) is 0.0345. The number of carbonyl (C=O) groups excluding carboxylic acids is 6. The Kier molecular flexibility index (Phi) is 29.4. The molecule has 23 nitrogen and oxygen atoms in total. The summed E-state index contributed by atoms with van der Waals surface area (Å²) < 4.78 is 33.1. The van der Waals surface area contributed by atoms with Crippen molar-refractivity contribution in [1.29, 1.82) is 0 Å². The summed E-state index contributed by atoms with van der Waals surface area (Å²) in [6.45, 7) is 20.8. The Morgan fingerprint density at radius 3 is 1.45 bits per heavy atom.